The van der Waals surface area contributed by atoms with Crippen LogP contribution in [0.3, 0.4) is 0 Å². The number of aryl methyl sites for hydroxylation is 1. The number of hydrogen-bond donors (Lipinski definition) is 1. The first kappa shape index (κ1) is 14.9. The second-order valence-electron chi connectivity index (χ2n) is 5.30. The van der Waals surface area contributed by atoms with Gasteiger partial charge in [0, 0.05) is 6.54 Å². The molecule has 22 heavy (non-hydrogen) atoms. The third-order valence-electron chi connectivity index (χ3n) is 3.90. The van der Waals surface area contributed by atoms with Gasteiger partial charge in [-0.05, 0) is 30.4 Å². The molecule has 114 valence electrons. The van der Waals surface area contributed by atoms with Crippen molar-refractivity contribution in [1.29, 1.82) is 0 Å². The summed E-state index contributed by atoms with van der Waals surface area (Å²) in [5, 5.41) is 12.7. The lowest BCUT2D eigenvalue weighted by molar-refractivity contribution is 0.298. The first-order valence-electron chi connectivity index (χ1n) is 7.33. The van der Waals surface area contributed by atoms with Gasteiger partial charge in [0.15, 0.2) is 0 Å². The Labute approximate surface area is 134 Å². The third kappa shape index (κ3) is 2.69. The molecule has 0 aliphatic heterocycles. The number of aromatic nitrogens is 2. The predicted octanol–water partition coefficient (Wildman–Crippen LogP) is 3.56. The maximum Gasteiger partial charge on any atom is 0.141 e. The molecule has 1 atom stereocenters. The Bertz CT molecular complexity index is 757. The van der Waals surface area contributed by atoms with Crippen LogP contribution in [-0.2, 0) is 0 Å². The van der Waals surface area contributed by atoms with E-state index in [4.69, 9.17) is 0 Å². The van der Waals surface area contributed by atoms with Crippen molar-refractivity contribution in [2.75, 3.05) is 18.1 Å². The van der Waals surface area contributed by atoms with Crippen LogP contribution in [0, 0.1) is 6.92 Å². The normalized spacial score (nSPS) is 12.5. The van der Waals surface area contributed by atoms with E-state index < -0.39 is 0 Å². The second kappa shape index (κ2) is 6.42. The molecule has 0 aliphatic rings. The zero-order valence-electron chi connectivity index (χ0n) is 12.7. The molecule has 3 aromatic rings. The van der Waals surface area contributed by atoms with Crippen LogP contribution in [0.25, 0.3) is 10.2 Å². The topological polar surface area (TPSA) is 49.2 Å². The largest absolute Gasteiger partial charge is 0.395 e. The van der Waals surface area contributed by atoms with E-state index >= 15 is 0 Å². The Morgan fingerprint density at radius 1 is 1.23 bits per heavy atom. The van der Waals surface area contributed by atoms with Gasteiger partial charge in [0.25, 0.3) is 0 Å². The molecule has 0 fully saturated rings. The number of benzene rings is 1. The van der Waals surface area contributed by atoms with Gasteiger partial charge in [-0.2, -0.15) is 0 Å². The van der Waals surface area contributed by atoms with Crippen LogP contribution in [0.5, 0.6) is 0 Å². The SMILES string of the molecule is Cc1csc2ncnc(N(CCO)[C@H](C)c3ccccc3)c12. The standard InChI is InChI=1S/C17H19N3OS/c1-12-10-22-17-15(12)16(18-11-19-17)20(8-9-21)13(2)14-6-4-3-5-7-14/h3-7,10-11,13,21H,8-9H2,1-2H3/t13-/m1/s1. The fourth-order valence-electron chi connectivity index (χ4n) is 2.72. The summed E-state index contributed by atoms with van der Waals surface area (Å²) in [5.74, 6) is 0.897. The van der Waals surface area contributed by atoms with Gasteiger partial charge in [0.1, 0.15) is 17.0 Å². The van der Waals surface area contributed by atoms with Crippen LogP contribution in [0.15, 0.2) is 42.0 Å². The van der Waals surface area contributed by atoms with Gasteiger partial charge in [0.05, 0.1) is 18.0 Å². The van der Waals surface area contributed by atoms with Gasteiger partial charge in [-0.25, -0.2) is 9.97 Å². The van der Waals surface area contributed by atoms with Crippen molar-refractivity contribution >= 4 is 27.4 Å². The van der Waals surface area contributed by atoms with Crippen molar-refractivity contribution in [3.63, 3.8) is 0 Å². The van der Waals surface area contributed by atoms with Gasteiger partial charge in [-0.15, -0.1) is 11.3 Å². The lowest BCUT2D eigenvalue weighted by atomic mass is 10.1. The second-order valence-corrected chi connectivity index (χ2v) is 6.16. The predicted molar refractivity (Wildman–Crippen MR) is 91.4 cm³/mol. The number of anilines is 1. The van der Waals surface area contributed by atoms with Crippen molar-refractivity contribution in [3.05, 3.63) is 53.2 Å². The lowest BCUT2D eigenvalue weighted by Crippen LogP contribution is -2.30. The first-order chi connectivity index (χ1) is 10.7. The molecule has 0 bridgehead atoms. The van der Waals surface area contributed by atoms with E-state index in [-0.39, 0.29) is 12.6 Å². The van der Waals surface area contributed by atoms with Crippen LogP contribution in [-0.4, -0.2) is 28.2 Å². The van der Waals surface area contributed by atoms with E-state index in [1.54, 1.807) is 17.7 Å². The molecule has 0 saturated heterocycles. The summed E-state index contributed by atoms with van der Waals surface area (Å²) in [6, 6.07) is 10.4. The van der Waals surface area contributed by atoms with E-state index in [9.17, 15) is 5.11 Å². The van der Waals surface area contributed by atoms with Crippen LogP contribution in [0.4, 0.5) is 5.82 Å². The van der Waals surface area contributed by atoms with Gasteiger partial charge in [-0.3, -0.25) is 0 Å². The molecule has 5 heteroatoms. The summed E-state index contributed by atoms with van der Waals surface area (Å²) in [4.78, 5) is 12.0. The number of nitrogens with zero attached hydrogens (tertiary/aromatic N) is 3. The van der Waals surface area contributed by atoms with Crippen LogP contribution in [0.2, 0.25) is 0 Å². The van der Waals surface area contributed by atoms with E-state index in [0.717, 1.165) is 16.0 Å². The zero-order chi connectivity index (χ0) is 15.5. The molecular weight excluding hydrogens is 294 g/mol. The Morgan fingerprint density at radius 3 is 2.73 bits per heavy atom. The number of fused-ring (bicyclic) bond motifs is 1. The highest BCUT2D eigenvalue weighted by atomic mass is 32.1. The lowest BCUT2D eigenvalue weighted by Gasteiger charge is -2.30. The molecule has 0 saturated carbocycles. The first-order valence-corrected chi connectivity index (χ1v) is 8.21. The van der Waals surface area contributed by atoms with Crippen molar-refractivity contribution < 1.29 is 5.11 Å². The van der Waals surface area contributed by atoms with Gasteiger partial charge in [0.2, 0.25) is 0 Å². The summed E-state index contributed by atoms with van der Waals surface area (Å²) in [6.45, 7) is 4.85. The summed E-state index contributed by atoms with van der Waals surface area (Å²) in [6.07, 6.45) is 1.61. The highest BCUT2D eigenvalue weighted by Crippen LogP contribution is 2.34. The molecular formula is C17H19N3OS. The Kier molecular flexibility index (Phi) is 4.36. The van der Waals surface area contributed by atoms with Crippen LogP contribution in [0.1, 0.15) is 24.1 Å². The van der Waals surface area contributed by atoms with E-state index in [0.29, 0.717) is 6.54 Å². The minimum atomic E-state index is 0.0891. The molecule has 0 amide bonds. The number of aliphatic hydroxyl groups is 1. The van der Waals surface area contributed by atoms with E-state index in [2.05, 4.69) is 46.2 Å². The molecule has 2 aromatic heterocycles. The highest BCUT2D eigenvalue weighted by molar-refractivity contribution is 7.17. The fraction of sp³-hybridized carbons (Fsp3) is 0.294. The van der Waals surface area contributed by atoms with Crippen molar-refractivity contribution in [2.24, 2.45) is 0 Å². The molecule has 0 spiro atoms. The summed E-state index contributed by atoms with van der Waals surface area (Å²) >= 11 is 1.63. The highest BCUT2D eigenvalue weighted by Gasteiger charge is 2.21. The summed E-state index contributed by atoms with van der Waals surface area (Å²) < 4.78 is 0. The molecule has 3 rings (SSSR count). The summed E-state index contributed by atoms with van der Waals surface area (Å²) in [7, 11) is 0. The summed E-state index contributed by atoms with van der Waals surface area (Å²) in [5.41, 5.74) is 2.38. The number of thiophene rings is 1. The minimum Gasteiger partial charge on any atom is -0.395 e. The minimum absolute atomic E-state index is 0.0891. The molecule has 0 unspecified atom stereocenters. The fourth-order valence-corrected chi connectivity index (χ4v) is 3.60. The number of aliphatic hydroxyl groups excluding tert-OH is 1. The van der Waals surface area contributed by atoms with E-state index in [1.807, 2.05) is 18.2 Å². The Hall–Kier alpha value is -1.98. The van der Waals surface area contributed by atoms with Crippen molar-refractivity contribution in [3.8, 4) is 0 Å². The molecule has 1 aromatic carbocycles. The number of rotatable bonds is 5. The molecule has 0 radical (unpaired) electrons. The Morgan fingerprint density at radius 2 is 2.00 bits per heavy atom. The van der Waals surface area contributed by atoms with Crippen LogP contribution >= 0.6 is 11.3 Å². The zero-order valence-corrected chi connectivity index (χ0v) is 13.5. The van der Waals surface area contributed by atoms with Crippen molar-refractivity contribution in [2.45, 2.75) is 19.9 Å². The maximum absolute atomic E-state index is 9.50. The van der Waals surface area contributed by atoms with Gasteiger partial charge >= 0.3 is 0 Å². The monoisotopic (exact) mass is 313 g/mol. The smallest absolute Gasteiger partial charge is 0.141 e. The molecule has 4 nitrogen and oxygen atoms in total. The van der Waals surface area contributed by atoms with E-state index in [1.165, 1.54) is 11.1 Å². The van der Waals surface area contributed by atoms with Crippen LogP contribution < -0.4 is 4.90 Å². The molecule has 1 N–H and O–H groups in total. The quantitative estimate of drug-likeness (QED) is 0.782. The van der Waals surface area contributed by atoms with Gasteiger partial charge in [-0.1, -0.05) is 30.3 Å². The number of hydrogen-bond acceptors (Lipinski definition) is 5. The molecule has 2 heterocycles. The Balaban J connectivity index is 2.08. The molecule has 0 aliphatic carbocycles. The third-order valence-corrected chi connectivity index (χ3v) is 4.90. The average molecular weight is 313 g/mol. The van der Waals surface area contributed by atoms with Gasteiger partial charge < -0.3 is 10.0 Å². The average Bonchev–Trinajstić information content (AvgIpc) is 2.94. The van der Waals surface area contributed by atoms with Crippen molar-refractivity contribution in [1.82, 2.24) is 9.97 Å². The maximum atomic E-state index is 9.50.